The molecule has 1 N–H and O–H groups in total. The number of hydrogen-bond acceptors (Lipinski definition) is 5. The molecule has 0 unspecified atom stereocenters. The molecule has 3 aromatic carbocycles. The third-order valence-electron chi connectivity index (χ3n) is 4.84. The van der Waals surface area contributed by atoms with Crippen molar-refractivity contribution in [1.82, 2.24) is 4.31 Å². The molecule has 0 aromatic heterocycles. The Labute approximate surface area is 188 Å². The summed E-state index contributed by atoms with van der Waals surface area (Å²) in [6, 6.07) is 20.6. The third-order valence-corrected chi connectivity index (χ3v) is 6.91. The highest BCUT2D eigenvalue weighted by Gasteiger charge is 2.26. The van der Waals surface area contributed by atoms with Crippen LogP contribution >= 0.6 is 0 Å². The second kappa shape index (κ2) is 10.3. The molecule has 0 radical (unpaired) electrons. The largest absolute Gasteiger partial charge is 0.495 e. The molecular formula is C24H26N2O5S. The monoisotopic (exact) mass is 454 g/mol. The maximum Gasteiger partial charge on any atom is 0.255 e. The maximum absolute atomic E-state index is 13.0. The molecule has 0 heterocycles. The number of carbonyl (C=O) groups is 1. The van der Waals surface area contributed by atoms with Gasteiger partial charge < -0.3 is 14.8 Å². The predicted octanol–water partition coefficient (Wildman–Crippen LogP) is 4.77. The van der Waals surface area contributed by atoms with Gasteiger partial charge in [0.1, 0.15) is 22.1 Å². The Balaban J connectivity index is 1.79. The Morgan fingerprint density at radius 2 is 1.53 bits per heavy atom. The first-order chi connectivity index (χ1) is 15.4. The summed E-state index contributed by atoms with van der Waals surface area (Å²) in [6.45, 7) is 4.15. The zero-order valence-electron chi connectivity index (χ0n) is 18.2. The molecule has 0 fully saturated rings. The normalized spacial score (nSPS) is 11.2. The quantitative estimate of drug-likeness (QED) is 0.503. The Morgan fingerprint density at radius 3 is 2.12 bits per heavy atom. The summed E-state index contributed by atoms with van der Waals surface area (Å²) in [5, 5.41) is 2.78. The highest BCUT2D eigenvalue weighted by molar-refractivity contribution is 7.89. The highest BCUT2D eigenvalue weighted by atomic mass is 32.2. The first kappa shape index (κ1) is 23.3. The lowest BCUT2D eigenvalue weighted by Gasteiger charge is -2.20. The molecule has 32 heavy (non-hydrogen) atoms. The fourth-order valence-corrected chi connectivity index (χ4v) is 4.80. The lowest BCUT2D eigenvalue weighted by atomic mass is 10.2. The summed E-state index contributed by atoms with van der Waals surface area (Å²) in [7, 11) is -2.40. The second-order valence-electron chi connectivity index (χ2n) is 6.85. The van der Waals surface area contributed by atoms with Gasteiger partial charge in [0.15, 0.2) is 0 Å². The number of nitrogens with one attached hydrogen (secondary N) is 1. The van der Waals surface area contributed by atoms with Gasteiger partial charge in [-0.25, -0.2) is 8.42 Å². The number of para-hydroxylation sites is 1. The summed E-state index contributed by atoms with van der Waals surface area (Å²) < 4.78 is 38.3. The van der Waals surface area contributed by atoms with Crippen molar-refractivity contribution in [3.8, 4) is 17.2 Å². The average Bonchev–Trinajstić information content (AvgIpc) is 2.81. The Bertz CT molecular complexity index is 1160. The molecule has 168 valence electrons. The van der Waals surface area contributed by atoms with E-state index in [-0.39, 0.29) is 16.2 Å². The second-order valence-corrected chi connectivity index (χ2v) is 8.75. The Kier molecular flexibility index (Phi) is 7.50. The molecule has 8 heteroatoms. The molecule has 1 amide bonds. The summed E-state index contributed by atoms with van der Waals surface area (Å²) in [6.07, 6.45) is 0. The molecule has 0 aliphatic rings. The number of rotatable bonds is 9. The van der Waals surface area contributed by atoms with E-state index in [4.69, 9.17) is 9.47 Å². The van der Waals surface area contributed by atoms with Crippen LogP contribution in [0.2, 0.25) is 0 Å². The van der Waals surface area contributed by atoms with E-state index in [0.29, 0.717) is 30.3 Å². The maximum atomic E-state index is 13.0. The zero-order valence-corrected chi connectivity index (χ0v) is 19.1. The number of anilines is 1. The molecule has 0 atom stereocenters. The Morgan fingerprint density at radius 1 is 0.906 bits per heavy atom. The molecule has 0 saturated carbocycles. The molecule has 0 bridgehead atoms. The molecule has 0 saturated heterocycles. The van der Waals surface area contributed by atoms with Crippen LogP contribution in [0.3, 0.4) is 0 Å². The summed E-state index contributed by atoms with van der Waals surface area (Å²) in [5.74, 6) is 1.10. The van der Waals surface area contributed by atoms with Crippen LogP contribution in [-0.2, 0) is 10.0 Å². The van der Waals surface area contributed by atoms with Crippen LogP contribution < -0.4 is 14.8 Å². The van der Waals surface area contributed by atoms with E-state index >= 15 is 0 Å². The third kappa shape index (κ3) is 5.27. The van der Waals surface area contributed by atoms with Crippen molar-refractivity contribution in [3.63, 3.8) is 0 Å². The number of ether oxygens (including phenoxy) is 2. The van der Waals surface area contributed by atoms with Crippen LogP contribution in [0.5, 0.6) is 17.2 Å². The van der Waals surface area contributed by atoms with Crippen molar-refractivity contribution in [2.75, 3.05) is 25.5 Å². The molecule has 0 aliphatic carbocycles. The predicted molar refractivity (Wildman–Crippen MR) is 124 cm³/mol. The van der Waals surface area contributed by atoms with E-state index in [0.717, 1.165) is 0 Å². The van der Waals surface area contributed by atoms with Gasteiger partial charge in [0, 0.05) is 24.3 Å². The minimum absolute atomic E-state index is 0.0389. The van der Waals surface area contributed by atoms with Crippen LogP contribution in [0, 0.1) is 0 Å². The van der Waals surface area contributed by atoms with Crippen LogP contribution in [0.1, 0.15) is 24.2 Å². The number of sulfonamides is 1. The van der Waals surface area contributed by atoms with Crippen LogP contribution in [0.4, 0.5) is 5.69 Å². The molecule has 3 rings (SSSR count). The van der Waals surface area contributed by atoms with Gasteiger partial charge in [0.2, 0.25) is 10.0 Å². The number of carbonyl (C=O) groups excluding carboxylic acids is 1. The fraction of sp³-hybridized carbons (Fsp3) is 0.208. The van der Waals surface area contributed by atoms with Gasteiger partial charge in [-0.3, -0.25) is 4.79 Å². The van der Waals surface area contributed by atoms with Gasteiger partial charge in [-0.2, -0.15) is 4.31 Å². The van der Waals surface area contributed by atoms with E-state index in [1.165, 1.54) is 29.6 Å². The molecule has 7 nitrogen and oxygen atoms in total. The van der Waals surface area contributed by atoms with Crippen LogP contribution in [0.15, 0.2) is 77.7 Å². The van der Waals surface area contributed by atoms with Crippen molar-refractivity contribution >= 4 is 21.6 Å². The average molecular weight is 455 g/mol. The minimum Gasteiger partial charge on any atom is -0.495 e. The lowest BCUT2D eigenvalue weighted by Crippen LogP contribution is -2.31. The van der Waals surface area contributed by atoms with Gasteiger partial charge in [0.25, 0.3) is 5.91 Å². The number of hydrogen-bond donors (Lipinski definition) is 1. The van der Waals surface area contributed by atoms with Gasteiger partial charge >= 0.3 is 0 Å². The van der Waals surface area contributed by atoms with Crippen molar-refractivity contribution in [2.45, 2.75) is 18.7 Å². The van der Waals surface area contributed by atoms with Gasteiger partial charge in [0.05, 0.1) is 7.11 Å². The summed E-state index contributed by atoms with van der Waals surface area (Å²) in [5.41, 5.74) is 0.764. The molecule has 0 aliphatic heterocycles. The van der Waals surface area contributed by atoms with E-state index in [1.54, 1.807) is 38.1 Å². The van der Waals surface area contributed by atoms with Crippen molar-refractivity contribution < 1.29 is 22.7 Å². The molecular weight excluding hydrogens is 428 g/mol. The molecule has 3 aromatic rings. The SMILES string of the molecule is CCN(CC)S(=O)(=O)c1cc(C(=O)Nc2ccc(Oc3ccccc3)cc2)ccc1OC. The van der Waals surface area contributed by atoms with Crippen molar-refractivity contribution in [1.29, 1.82) is 0 Å². The number of nitrogens with zero attached hydrogens (tertiary/aromatic N) is 1. The smallest absolute Gasteiger partial charge is 0.255 e. The highest BCUT2D eigenvalue weighted by Crippen LogP contribution is 2.28. The lowest BCUT2D eigenvalue weighted by molar-refractivity contribution is 0.102. The number of amides is 1. The van der Waals surface area contributed by atoms with Gasteiger partial charge in [-0.1, -0.05) is 32.0 Å². The van der Waals surface area contributed by atoms with E-state index in [9.17, 15) is 13.2 Å². The summed E-state index contributed by atoms with van der Waals surface area (Å²) >= 11 is 0. The number of benzene rings is 3. The van der Waals surface area contributed by atoms with E-state index in [1.807, 2.05) is 30.3 Å². The van der Waals surface area contributed by atoms with Gasteiger partial charge in [-0.05, 0) is 54.6 Å². The first-order valence-electron chi connectivity index (χ1n) is 10.2. The number of methoxy groups -OCH3 is 1. The zero-order chi connectivity index (χ0) is 23.1. The van der Waals surface area contributed by atoms with Crippen LogP contribution in [0.25, 0.3) is 0 Å². The van der Waals surface area contributed by atoms with Gasteiger partial charge in [-0.15, -0.1) is 0 Å². The van der Waals surface area contributed by atoms with Crippen LogP contribution in [-0.4, -0.2) is 38.8 Å². The summed E-state index contributed by atoms with van der Waals surface area (Å²) in [4.78, 5) is 12.7. The van der Waals surface area contributed by atoms with E-state index in [2.05, 4.69) is 5.32 Å². The van der Waals surface area contributed by atoms with Crippen molar-refractivity contribution in [2.24, 2.45) is 0 Å². The first-order valence-corrected chi connectivity index (χ1v) is 11.7. The molecule has 0 spiro atoms. The Hall–Kier alpha value is -3.36. The minimum atomic E-state index is -3.80. The fourth-order valence-electron chi connectivity index (χ4n) is 3.16. The van der Waals surface area contributed by atoms with E-state index < -0.39 is 15.9 Å². The topological polar surface area (TPSA) is 84.9 Å². The van der Waals surface area contributed by atoms with Crippen molar-refractivity contribution in [3.05, 3.63) is 78.4 Å². The standard InChI is InChI=1S/C24H26N2O5S/c1-4-26(5-2)32(28,29)23-17-18(11-16-22(23)30-3)24(27)25-19-12-14-21(15-13-19)31-20-9-7-6-8-10-20/h6-17H,4-5H2,1-3H3,(H,25,27).